The maximum absolute atomic E-state index is 13.6. The van der Waals surface area contributed by atoms with Crippen LogP contribution in [0.4, 0.5) is 5.69 Å². The van der Waals surface area contributed by atoms with Crippen LogP contribution in [0, 0.1) is 0 Å². The topological polar surface area (TPSA) is 38.8 Å². The molecule has 3 aromatic carbocycles. The molecule has 1 heterocycles. The minimum absolute atomic E-state index is 0.0860. The maximum Gasteiger partial charge on any atom is 0.232 e. The number of amides is 1. The summed E-state index contributed by atoms with van der Waals surface area (Å²) < 4.78 is 11.8. The van der Waals surface area contributed by atoms with Crippen molar-refractivity contribution in [3.05, 3.63) is 88.5 Å². The molecule has 1 aliphatic heterocycles. The van der Waals surface area contributed by atoms with Gasteiger partial charge < -0.3 is 14.4 Å². The Morgan fingerprint density at radius 3 is 1.88 bits per heavy atom. The van der Waals surface area contributed by atoms with Crippen molar-refractivity contribution in [3.8, 4) is 11.5 Å². The summed E-state index contributed by atoms with van der Waals surface area (Å²) in [5.74, 6) is 1.51. The highest BCUT2D eigenvalue weighted by molar-refractivity contribution is 5.98. The number of carbonyl (C=O) groups excluding carboxylic acids is 1. The van der Waals surface area contributed by atoms with Crippen molar-refractivity contribution in [1.82, 2.24) is 0 Å². The minimum atomic E-state index is -0.227. The molecule has 1 atom stereocenters. The highest BCUT2D eigenvalue weighted by Crippen LogP contribution is 2.43. The zero-order valence-electron chi connectivity index (χ0n) is 20.1. The van der Waals surface area contributed by atoms with E-state index in [4.69, 9.17) is 9.47 Å². The second-order valence-electron chi connectivity index (χ2n) is 8.32. The third kappa shape index (κ3) is 4.61. The number of ether oxygens (including phenoxy) is 2. The number of hydrogen-bond acceptors (Lipinski definition) is 3. The Hall–Kier alpha value is -3.27. The van der Waals surface area contributed by atoms with Crippen LogP contribution in [0.1, 0.15) is 61.6 Å². The monoisotopic (exact) mass is 443 g/mol. The summed E-state index contributed by atoms with van der Waals surface area (Å²) in [5, 5.41) is 0. The lowest BCUT2D eigenvalue weighted by molar-refractivity contribution is -0.118. The van der Waals surface area contributed by atoms with Crippen LogP contribution in [0.5, 0.6) is 11.5 Å². The summed E-state index contributed by atoms with van der Waals surface area (Å²) in [4.78, 5) is 15.5. The fourth-order valence-corrected chi connectivity index (χ4v) is 4.54. The first kappa shape index (κ1) is 22.9. The Bertz CT molecular complexity index is 1100. The van der Waals surface area contributed by atoms with E-state index in [9.17, 15) is 4.79 Å². The van der Waals surface area contributed by atoms with E-state index in [1.54, 1.807) is 0 Å². The van der Waals surface area contributed by atoms with Crippen molar-refractivity contribution >= 4 is 11.6 Å². The molecule has 0 unspecified atom stereocenters. The quantitative estimate of drug-likeness (QED) is 0.411. The molecule has 33 heavy (non-hydrogen) atoms. The molecule has 3 aromatic rings. The Morgan fingerprint density at radius 1 is 0.788 bits per heavy atom. The van der Waals surface area contributed by atoms with Gasteiger partial charge in [-0.1, -0.05) is 50.2 Å². The number of nitrogens with zero attached hydrogens (tertiary/aromatic N) is 1. The molecular formula is C29H33NO3. The summed E-state index contributed by atoms with van der Waals surface area (Å²) in [7, 11) is 0. The van der Waals surface area contributed by atoms with Crippen LogP contribution in [0.25, 0.3) is 0 Å². The Kier molecular flexibility index (Phi) is 7.02. The zero-order valence-corrected chi connectivity index (χ0v) is 20.1. The lowest BCUT2D eigenvalue weighted by Gasteiger charge is -2.38. The molecular weight excluding hydrogens is 410 g/mol. The predicted octanol–water partition coefficient (Wildman–Crippen LogP) is 6.29. The van der Waals surface area contributed by atoms with Gasteiger partial charge in [-0.3, -0.25) is 4.79 Å². The SMILES string of the molecule is CCOc1cc2c(cc1OCC)[C@H](c1ccc(CC)cc1)N(c1ccc(CC)cc1)C(=O)C2. The molecule has 0 aliphatic carbocycles. The van der Waals surface area contributed by atoms with Crippen molar-refractivity contribution in [1.29, 1.82) is 0 Å². The van der Waals surface area contributed by atoms with Crippen molar-refractivity contribution < 1.29 is 14.3 Å². The van der Waals surface area contributed by atoms with Crippen LogP contribution < -0.4 is 14.4 Å². The molecule has 0 radical (unpaired) electrons. The highest BCUT2D eigenvalue weighted by Gasteiger charge is 2.36. The van der Waals surface area contributed by atoms with E-state index in [-0.39, 0.29) is 11.9 Å². The van der Waals surface area contributed by atoms with E-state index in [1.165, 1.54) is 11.1 Å². The standard InChI is InChI=1S/C29H33NO3/c1-5-20-9-13-22(14-10-20)29-25-19-27(33-8-4)26(32-7-3)17-23(25)18-28(31)30(29)24-15-11-21(6-2)12-16-24/h9-17,19,29H,5-8,18H2,1-4H3/t29-/m0/s1. The van der Waals surface area contributed by atoms with Crippen LogP contribution in [-0.2, 0) is 24.1 Å². The number of fused-ring (bicyclic) bond motifs is 1. The van der Waals surface area contributed by atoms with Gasteiger partial charge in [-0.15, -0.1) is 0 Å². The second-order valence-corrected chi connectivity index (χ2v) is 8.32. The molecule has 172 valence electrons. The van der Waals surface area contributed by atoms with E-state index in [2.05, 4.69) is 68.4 Å². The average Bonchev–Trinajstić information content (AvgIpc) is 2.84. The molecule has 4 rings (SSSR count). The van der Waals surface area contributed by atoms with E-state index in [0.717, 1.165) is 41.0 Å². The summed E-state index contributed by atoms with van der Waals surface area (Å²) in [6, 6.07) is 20.8. The first-order valence-electron chi connectivity index (χ1n) is 12.0. The van der Waals surface area contributed by atoms with Gasteiger partial charge in [-0.2, -0.15) is 0 Å². The van der Waals surface area contributed by atoms with Crippen molar-refractivity contribution in [2.75, 3.05) is 18.1 Å². The van der Waals surface area contributed by atoms with Gasteiger partial charge >= 0.3 is 0 Å². The van der Waals surface area contributed by atoms with Gasteiger partial charge in [0.15, 0.2) is 11.5 Å². The van der Waals surface area contributed by atoms with Gasteiger partial charge in [-0.05, 0) is 78.8 Å². The lowest BCUT2D eigenvalue weighted by atomic mass is 9.86. The normalized spacial score (nSPS) is 15.3. The van der Waals surface area contributed by atoms with Crippen molar-refractivity contribution in [2.24, 2.45) is 0 Å². The molecule has 1 aliphatic rings. The van der Waals surface area contributed by atoms with Crippen molar-refractivity contribution in [3.63, 3.8) is 0 Å². The molecule has 0 spiro atoms. The number of carbonyl (C=O) groups is 1. The van der Waals surface area contributed by atoms with Crippen LogP contribution in [0.2, 0.25) is 0 Å². The van der Waals surface area contributed by atoms with E-state index < -0.39 is 0 Å². The molecule has 0 fully saturated rings. The average molecular weight is 444 g/mol. The third-order valence-corrected chi connectivity index (χ3v) is 6.29. The molecule has 4 nitrogen and oxygen atoms in total. The zero-order chi connectivity index (χ0) is 23.4. The summed E-state index contributed by atoms with van der Waals surface area (Å²) in [6.07, 6.45) is 2.28. The van der Waals surface area contributed by atoms with Gasteiger partial charge in [0.25, 0.3) is 0 Å². The lowest BCUT2D eigenvalue weighted by Crippen LogP contribution is -2.41. The minimum Gasteiger partial charge on any atom is -0.490 e. The number of benzene rings is 3. The number of hydrogen-bond donors (Lipinski definition) is 0. The second kappa shape index (κ2) is 10.1. The van der Waals surface area contributed by atoms with Crippen LogP contribution in [-0.4, -0.2) is 19.1 Å². The smallest absolute Gasteiger partial charge is 0.232 e. The van der Waals surface area contributed by atoms with Gasteiger partial charge in [0.1, 0.15) is 0 Å². The van der Waals surface area contributed by atoms with Crippen LogP contribution in [0.3, 0.4) is 0 Å². The number of anilines is 1. The predicted molar refractivity (Wildman–Crippen MR) is 133 cm³/mol. The summed E-state index contributed by atoms with van der Waals surface area (Å²) in [5.41, 5.74) is 6.63. The Labute approximate surface area is 197 Å². The van der Waals surface area contributed by atoms with Gasteiger partial charge in [0.2, 0.25) is 5.91 Å². The summed E-state index contributed by atoms with van der Waals surface area (Å²) in [6.45, 7) is 9.32. The number of aryl methyl sites for hydroxylation is 2. The first-order chi connectivity index (χ1) is 16.1. The van der Waals surface area contributed by atoms with Gasteiger partial charge in [-0.25, -0.2) is 0 Å². The highest BCUT2D eigenvalue weighted by atomic mass is 16.5. The largest absolute Gasteiger partial charge is 0.490 e. The fourth-order valence-electron chi connectivity index (χ4n) is 4.54. The Balaban J connectivity index is 1.89. The molecule has 4 heteroatoms. The first-order valence-corrected chi connectivity index (χ1v) is 12.0. The van der Waals surface area contributed by atoms with Crippen LogP contribution in [0.15, 0.2) is 60.7 Å². The fraction of sp³-hybridized carbons (Fsp3) is 0.345. The molecule has 0 saturated carbocycles. The van der Waals surface area contributed by atoms with Gasteiger partial charge in [0.05, 0.1) is 25.7 Å². The summed E-state index contributed by atoms with van der Waals surface area (Å²) >= 11 is 0. The number of rotatable bonds is 8. The molecule has 1 amide bonds. The Morgan fingerprint density at radius 2 is 1.33 bits per heavy atom. The maximum atomic E-state index is 13.6. The van der Waals surface area contributed by atoms with E-state index in [1.807, 2.05) is 24.8 Å². The van der Waals surface area contributed by atoms with Crippen LogP contribution >= 0.6 is 0 Å². The van der Waals surface area contributed by atoms with Crippen molar-refractivity contribution in [2.45, 2.75) is 53.0 Å². The van der Waals surface area contributed by atoms with E-state index >= 15 is 0 Å². The molecule has 0 saturated heterocycles. The van der Waals surface area contributed by atoms with E-state index in [0.29, 0.717) is 25.4 Å². The molecule has 0 aromatic heterocycles. The van der Waals surface area contributed by atoms with Gasteiger partial charge in [0, 0.05) is 5.69 Å². The molecule has 0 bridgehead atoms. The molecule has 0 N–H and O–H groups in total. The third-order valence-electron chi connectivity index (χ3n) is 6.29.